The fourth-order valence-electron chi connectivity index (χ4n) is 1.94. The fraction of sp³-hybridized carbons (Fsp3) is 0.385. The van der Waals surface area contributed by atoms with Crippen molar-refractivity contribution in [1.82, 2.24) is 0 Å². The normalized spacial score (nSPS) is 21.0. The van der Waals surface area contributed by atoms with Crippen molar-refractivity contribution >= 4 is 21.6 Å². The lowest BCUT2D eigenvalue weighted by atomic mass is 10.1. The van der Waals surface area contributed by atoms with Crippen molar-refractivity contribution in [2.45, 2.75) is 13.3 Å². The molecular formula is C13H14O5S. The summed E-state index contributed by atoms with van der Waals surface area (Å²) in [5, 5.41) is 0. The molecule has 0 bridgehead atoms. The van der Waals surface area contributed by atoms with Crippen LogP contribution in [0.4, 0.5) is 0 Å². The molecule has 6 heteroatoms. The Morgan fingerprint density at radius 3 is 2.32 bits per heavy atom. The first kappa shape index (κ1) is 13.7. The Labute approximate surface area is 111 Å². The number of carbonyl (C=O) groups excluding carboxylic acids is 2. The third-order valence-corrected chi connectivity index (χ3v) is 4.81. The number of hydrogen-bond acceptors (Lipinski definition) is 5. The molecule has 0 amide bonds. The summed E-state index contributed by atoms with van der Waals surface area (Å²) in [7, 11) is -3.10. The lowest BCUT2D eigenvalue weighted by Gasteiger charge is -2.08. The number of ether oxygens (including phenoxy) is 1. The summed E-state index contributed by atoms with van der Waals surface area (Å²) in [6.07, 6.45) is 0.312. The van der Waals surface area contributed by atoms with Crippen molar-refractivity contribution in [2.24, 2.45) is 5.92 Å². The Balaban J connectivity index is 2.01. The summed E-state index contributed by atoms with van der Waals surface area (Å²) in [5.74, 6) is -0.971. The van der Waals surface area contributed by atoms with E-state index in [2.05, 4.69) is 0 Å². The third-order valence-electron chi connectivity index (χ3n) is 3.05. The number of esters is 1. The van der Waals surface area contributed by atoms with Gasteiger partial charge in [0.15, 0.2) is 15.6 Å². The van der Waals surface area contributed by atoms with E-state index < -0.39 is 21.7 Å². The number of rotatable bonds is 3. The Kier molecular flexibility index (Phi) is 3.71. The first-order valence-corrected chi connectivity index (χ1v) is 7.73. The second kappa shape index (κ2) is 5.13. The molecule has 102 valence electrons. The monoisotopic (exact) mass is 282 g/mol. The van der Waals surface area contributed by atoms with E-state index in [1.54, 1.807) is 12.1 Å². The maximum absolute atomic E-state index is 11.8. The minimum Gasteiger partial charge on any atom is -0.426 e. The van der Waals surface area contributed by atoms with E-state index in [1.165, 1.54) is 19.1 Å². The molecule has 0 spiro atoms. The van der Waals surface area contributed by atoms with Crippen LogP contribution in [-0.4, -0.2) is 31.7 Å². The van der Waals surface area contributed by atoms with Crippen LogP contribution in [0.2, 0.25) is 0 Å². The number of hydrogen-bond donors (Lipinski definition) is 0. The maximum Gasteiger partial charge on any atom is 0.315 e. The minimum absolute atomic E-state index is 0.0377. The van der Waals surface area contributed by atoms with Crippen molar-refractivity contribution in [2.75, 3.05) is 11.5 Å². The zero-order valence-electron chi connectivity index (χ0n) is 10.5. The van der Waals surface area contributed by atoms with Crippen LogP contribution in [0.25, 0.3) is 0 Å². The van der Waals surface area contributed by atoms with E-state index in [-0.39, 0.29) is 17.3 Å². The van der Waals surface area contributed by atoms with Gasteiger partial charge in [0, 0.05) is 5.56 Å². The number of ketones is 1. The second-order valence-electron chi connectivity index (χ2n) is 4.60. The van der Waals surface area contributed by atoms with Crippen LogP contribution in [0.3, 0.4) is 0 Å². The SMILES string of the molecule is CC(=O)c1ccc(OC(=O)[C@@H]2CCS(=O)(=O)C2)cc1. The van der Waals surface area contributed by atoms with Crippen LogP contribution in [0.15, 0.2) is 24.3 Å². The van der Waals surface area contributed by atoms with Gasteiger partial charge in [0.25, 0.3) is 0 Å². The molecule has 1 aromatic carbocycles. The van der Waals surface area contributed by atoms with Crippen LogP contribution in [-0.2, 0) is 14.6 Å². The van der Waals surface area contributed by atoms with Gasteiger partial charge in [-0.15, -0.1) is 0 Å². The summed E-state index contributed by atoms with van der Waals surface area (Å²) in [4.78, 5) is 22.9. The predicted molar refractivity (Wildman–Crippen MR) is 68.8 cm³/mol. The Morgan fingerprint density at radius 1 is 1.21 bits per heavy atom. The molecule has 1 heterocycles. The van der Waals surface area contributed by atoms with Gasteiger partial charge in [-0.05, 0) is 37.6 Å². The highest BCUT2D eigenvalue weighted by Gasteiger charge is 2.34. The van der Waals surface area contributed by atoms with E-state index in [1.807, 2.05) is 0 Å². The van der Waals surface area contributed by atoms with Crippen LogP contribution in [0.1, 0.15) is 23.7 Å². The van der Waals surface area contributed by atoms with Gasteiger partial charge in [0.2, 0.25) is 0 Å². The summed E-state index contributed by atoms with van der Waals surface area (Å²) in [6.45, 7) is 1.45. The zero-order valence-corrected chi connectivity index (χ0v) is 11.3. The molecule has 1 atom stereocenters. The first-order valence-electron chi connectivity index (χ1n) is 5.90. The van der Waals surface area contributed by atoms with E-state index in [9.17, 15) is 18.0 Å². The van der Waals surface area contributed by atoms with Crippen molar-refractivity contribution in [3.8, 4) is 5.75 Å². The molecule has 1 aliphatic heterocycles. The Hall–Kier alpha value is -1.69. The predicted octanol–water partition coefficient (Wildman–Crippen LogP) is 1.23. The molecular weight excluding hydrogens is 268 g/mol. The highest BCUT2D eigenvalue weighted by Crippen LogP contribution is 2.21. The van der Waals surface area contributed by atoms with E-state index in [0.29, 0.717) is 17.7 Å². The molecule has 19 heavy (non-hydrogen) atoms. The van der Waals surface area contributed by atoms with Gasteiger partial charge in [0.1, 0.15) is 5.75 Å². The largest absolute Gasteiger partial charge is 0.426 e. The summed E-state index contributed by atoms with van der Waals surface area (Å²) < 4.78 is 27.7. The van der Waals surface area contributed by atoms with Gasteiger partial charge in [-0.3, -0.25) is 9.59 Å². The lowest BCUT2D eigenvalue weighted by molar-refractivity contribution is -0.138. The van der Waals surface area contributed by atoms with Gasteiger partial charge in [-0.25, -0.2) is 8.42 Å². The van der Waals surface area contributed by atoms with Crippen molar-refractivity contribution in [1.29, 1.82) is 0 Å². The molecule has 1 saturated heterocycles. The summed E-state index contributed by atoms with van der Waals surface area (Å²) in [5.41, 5.74) is 0.531. The van der Waals surface area contributed by atoms with Crippen LogP contribution >= 0.6 is 0 Å². The standard InChI is InChI=1S/C13H14O5S/c1-9(14)10-2-4-12(5-3-10)18-13(15)11-6-7-19(16,17)8-11/h2-5,11H,6-8H2,1H3/t11-/m1/s1. The minimum atomic E-state index is -3.10. The van der Waals surface area contributed by atoms with Crippen molar-refractivity contribution in [3.05, 3.63) is 29.8 Å². The molecule has 0 radical (unpaired) electrons. The molecule has 0 aliphatic carbocycles. The van der Waals surface area contributed by atoms with Crippen molar-refractivity contribution < 1.29 is 22.7 Å². The number of sulfone groups is 1. The molecule has 1 fully saturated rings. The van der Waals surface area contributed by atoms with E-state index in [0.717, 1.165) is 0 Å². The molecule has 0 saturated carbocycles. The average molecular weight is 282 g/mol. The maximum atomic E-state index is 11.8. The smallest absolute Gasteiger partial charge is 0.315 e. The fourth-order valence-corrected chi connectivity index (χ4v) is 3.66. The van der Waals surface area contributed by atoms with Crippen LogP contribution in [0.5, 0.6) is 5.75 Å². The molecule has 2 rings (SSSR count). The first-order chi connectivity index (χ1) is 8.87. The third kappa shape index (κ3) is 3.41. The number of Topliss-reactive ketones (excluding diaryl/α,β-unsaturated/α-hetero) is 1. The van der Waals surface area contributed by atoms with E-state index >= 15 is 0 Å². The topological polar surface area (TPSA) is 77.5 Å². The molecule has 0 N–H and O–H groups in total. The molecule has 1 aromatic rings. The van der Waals surface area contributed by atoms with Crippen LogP contribution < -0.4 is 4.74 Å². The lowest BCUT2D eigenvalue weighted by Crippen LogP contribution is -2.21. The van der Waals surface area contributed by atoms with E-state index in [4.69, 9.17) is 4.74 Å². The Bertz CT molecular complexity index is 600. The molecule has 5 nitrogen and oxygen atoms in total. The molecule has 1 aliphatic rings. The highest BCUT2D eigenvalue weighted by molar-refractivity contribution is 7.91. The zero-order chi connectivity index (χ0) is 14.0. The summed E-state index contributed by atoms with van der Waals surface area (Å²) in [6, 6.07) is 6.18. The van der Waals surface area contributed by atoms with Gasteiger partial charge in [-0.2, -0.15) is 0 Å². The number of benzene rings is 1. The van der Waals surface area contributed by atoms with Gasteiger partial charge in [0.05, 0.1) is 17.4 Å². The van der Waals surface area contributed by atoms with Gasteiger partial charge in [-0.1, -0.05) is 0 Å². The van der Waals surface area contributed by atoms with Crippen molar-refractivity contribution in [3.63, 3.8) is 0 Å². The van der Waals surface area contributed by atoms with Gasteiger partial charge >= 0.3 is 5.97 Å². The average Bonchev–Trinajstić information content (AvgIpc) is 2.70. The quantitative estimate of drug-likeness (QED) is 0.473. The van der Waals surface area contributed by atoms with Gasteiger partial charge < -0.3 is 4.74 Å². The molecule has 0 aromatic heterocycles. The van der Waals surface area contributed by atoms with Crippen LogP contribution in [0, 0.1) is 5.92 Å². The number of carbonyl (C=O) groups is 2. The highest BCUT2D eigenvalue weighted by atomic mass is 32.2. The second-order valence-corrected chi connectivity index (χ2v) is 6.83. The molecule has 0 unspecified atom stereocenters. The Morgan fingerprint density at radius 2 is 1.84 bits per heavy atom. The summed E-state index contributed by atoms with van der Waals surface area (Å²) >= 11 is 0.